The lowest BCUT2D eigenvalue weighted by molar-refractivity contribution is -0.142. The zero-order valence-corrected chi connectivity index (χ0v) is 14.5. The molecular formula is C20H26N2O3. The minimum Gasteiger partial charge on any atom is -0.480 e. The quantitative estimate of drug-likeness (QED) is 0.776. The molecule has 1 aromatic carbocycles. The van der Waals surface area contributed by atoms with Gasteiger partial charge in [-0.25, -0.2) is 4.79 Å². The molecule has 1 unspecified atom stereocenters. The Hall–Kier alpha value is -2.30. The highest BCUT2D eigenvalue weighted by molar-refractivity contribution is 5.87. The van der Waals surface area contributed by atoms with Crippen LogP contribution in [0.25, 0.3) is 10.9 Å². The van der Waals surface area contributed by atoms with Crippen LogP contribution in [0.3, 0.4) is 0 Å². The molecule has 1 atom stereocenters. The van der Waals surface area contributed by atoms with E-state index in [1.54, 1.807) is 0 Å². The molecule has 0 saturated heterocycles. The van der Waals surface area contributed by atoms with Gasteiger partial charge in [0.25, 0.3) is 0 Å². The molecule has 3 rings (SSSR count). The van der Waals surface area contributed by atoms with Gasteiger partial charge < -0.3 is 15.4 Å². The first-order valence-corrected chi connectivity index (χ1v) is 9.23. The molecule has 1 aromatic heterocycles. The number of hydrogen-bond donors (Lipinski definition) is 3. The average molecular weight is 342 g/mol. The molecule has 1 fully saturated rings. The number of carboxylic acid groups (broad SMARTS) is 1. The van der Waals surface area contributed by atoms with Crippen molar-refractivity contribution in [1.82, 2.24) is 10.3 Å². The maximum atomic E-state index is 12.6. The largest absolute Gasteiger partial charge is 0.480 e. The van der Waals surface area contributed by atoms with Crippen LogP contribution in [0.4, 0.5) is 0 Å². The van der Waals surface area contributed by atoms with Gasteiger partial charge in [0.2, 0.25) is 5.91 Å². The first-order valence-electron chi connectivity index (χ1n) is 9.23. The number of amides is 1. The number of carboxylic acids is 1. The van der Waals surface area contributed by atoms with E-state index in [4.69, 9.17) is 0 Å². The number of carbonyl (C=O) groups excluding carboxylic acids is 1. The van der Waals surface area contributed by atoms with E-state index in [0.29, 0.717) is 0 Å². The van der Waals surface area contributed by atoms with Crippen molar-refractivity contribution in [1.29, 1.82) is 0 Å². The van der Waals surface area contributed by atoms with Gasteiger partial charge in [-0.3, -0.25) is 4.79 Å². The lowest BCUT2D eigenvalue weighted by Crippen LogP contribution is -2.45. The Labute approximate surface area is 147 Å². The van der Waals surface area contributed by atoms with Crippen molar-refractivity contribution in [3.63, 3.8) is 0 Å². The molecule has 1 saturated carbocycles. The maximum absolute atomic E-state index is 12.6. The molecule has 5 heteroatoms. The van der Waals surface area contributed by atoms with E-state index in [0.717, 1.165) is 42.1 Å². The fourth-order valence-electron chi connectivity index (χ4n) is 3.73. The number of carbonyl (C=O) groups is 2. The van der Waals surface area contributed by atoms with E-state index in [1.165, 1.54) is 19.3 Å². The van der Waals surface area contributed by atoms with Crippen molar-refractivity contribution in [3.8, 4) is 0 Å². The summed E-state index contributed by atoms with van der Waals surface area (Å²) in [7, 11) is 0. The summed E-state index contributed by atoms with van der Waals surface area (Å²) in [5, 5.41) is 13.4. The van der Waals surface area contributed by atoms with Gasteiger partial charge in [-0.1, -0.05) is 50.3 Å². The SMILES string of the molecule is O=C(NC(Cc1c[nH]c2ccccc12)C(=O)O)C1CCCCCCC1. The molecule has 25 heavy (non-hydrogen) atoms. The van der Waals surface area contributed by atoms with Crippen LogP contribution in [-0.2, 0) is 16.0 Å². The predicted octanol–water partition coefficient (Wildman–Crippen LogP) is 3.64. The van der Waals surface area contributed by atoms with Crippen molar-refractivity contribution < 1.29 is 14.7 Å². The van der Waals surface area contributed by atoms with Gasteiger partial charge in [-0.15, -0.1) is 0 Å². The van der Waals surface area contributed by atoms with E-state index < -0.39 is 12.0 Å². The number of para-hydroxylation sites is 1. The molecule has 2 aromatic rings. The molecular weight excluding hydrogens is 316 g/mol. The standard InChI is InChI=1S/C20H26N2O3/c23-19(14-8-4-2-1-3-5-9-14)22-18(20(24)25)12-15-13-21-17-11-7-6-10-16(15)17/h6-7,10-11,13-14,18,21H,1-5,8-9,12H2,(H,22,23)(H,24,25). The van der Waals surface area contributed by atoms with E-state index in [-0.39, 0.29) is 18.2 Å². The van der Waals surface area contributed by atoms with Gasteiger partial charge in [-0.2, -0.15) is 0 Å². The number of aliphatic carboxylic acids is 1. The van der Waals surface area contributed by atoms with Gasteiger partial charge in [-0.05, 0) is 24.5 Å². The zero-order valence-electron chi connectivity index (χ0n) is 14.5. The Kier molecular flexibility index (Phi) is 5.74. The number of nitrogens with one attached hydrogen (secondary N) is 2. The van der Waals surface area contributed by atoms with Crippen molar-refractivity contribution in [3.05, 3.63) is 36.0 Å². The molecule has 134 valence electrons. The van der Waals surface area contributed by atoms with Gasteiger partial charge >= 0.3 is 5.97 Å². The Bertz CT molecular complexity index is 729. The van der Waals surface area contributed by atoms with E-state index in [1.807, 2.05) is 30.5 Å². The summed E-state index contributed by atoms with van der Waals surface area (Å²) < 4.78 is 0. The second-order valence-corrected chi connectivity index (χ2v) is 7.01. The number of fused-ring (bicyclic) bond motifs is 1. The Morgan fingerprint density at radius 2 is 1.80 bits per heavy atom. The van der Waals surface area contributed by atoms with Gasteiger partial charge in [0.15, 0.2) is 0 Å². The number of rotatable bonds is 5. The summed E-state index contributed by atoms with van der Waals surface area (Å²) in [5.41, 5.74) is 1.90. The molecule has 0 radical (unpaired) electrons. The highest BCUT2D eigenvalue weighted by Gasteiger charge is 2.26. The summed E-state index contributed by atoms with van der Waals surface area (Å²) in [6.45, 7) is 0. The van der Waals surface area contributed by atoms with E-state index in [2.05, 4.69) is 10.3 Å². The fraction of sp³-hybridized carbons (Fsp3) is 0.500. The van der Waals surface area contributed by atoms with E-state index >= 15 is 0 Å². The first-order chi connectivity index (χ1) is 12.1. The topological polar surface area (TPSA) is 82.2 Å². The molecule has 1 aliphatic carbocycles. The third-order valence-corrected chi connectivity index (χ3v) is 5.19. The molecule has 0 bridgehead atoms. The van der Waals surface area contributed by atoms with Crippen molar-refractivity contribution in [2.45, 2.75) is 57.4 Å². The van der Waals surface area contributed by atoms with Crippen molar-refractivity contribution >= 4 is 22.8 Å². The molecule has 1 heterocycles. The van der Waals surface area contributed by atoms with Gasteiger partial charge in [0.05, 0.1) is 0 Å². The number of H-pyrrole nitrogens is 1. The first kappa shape index (κ1) is 17.5. The van der Waals surface area contributed by atoms with Crippen LogP contribution in [0.1, 0.15) is 50.5 Å². The Balaban J connectivity index is 1.68. The second-order valence-electron chi connectivity index (χ2n) is 7.01. The van der Waals surface area contributed by atoms with Crippen LogP contribution in [0, 0.1) is 5.92 Å². The number of hydrogen-bond acceptors (Lipinski definition) is 2. The Morgan fingerprint density at radius 1 is 1.12 bits per heavy atom. The molecule has 1 aliphatic rings. The molecule has 5 nitrogen and oxygen atoms in total. The summed E-state index contributed by atoms with van der Waals surface area (Å²) in [6, 6.07) is 6.91. The smallest absolute Gasteiger partial charge is 0.326 e. The second kappa shape index (κ2) is 8.19. The van der Waals surface area contributed by atoms with Gasteiger partial charge in [0.1, 0.15) is 6.04 Å². The lowest BCUT2D eigenvalue weighted by Gasteiger charge is -2.22. The minimum atomic E-state index is -0.982. The third-order valence-electron chi connectivity index (χ3n) is 5.19. The number of benzene rings is 1. The lowest BCUT2D eigenvalue weighted by atomic mass is 9.90. The maximum Gasteiger partial charge on any atom is 0.326 e. The number of aromatic amines is 1. The zero-order chi connectivity index (χ0) is 17.6. The minimum absolute atomic E-state index is 0.0508. The van der Waals surface area contributed by atoms with Crippen LogP contribution >= 0.6 is 0 Å². The van der Waals surface area contributed by atoms with E-state index in [9.17, 15) is 14.7 Å². The monoisotopic (exact) mass is 342 g/mol. The van der Waals surface area contributed by atoms with Crippen LogP contribution in [0.5, 0.6) is 0 Å². The normalized spacial score (nSPS) is 17.6. The van der Waals surface area contributed by atoms with Gasteiger partial charge in [0, 0.05) is 29.4 Å². The fourth-order valence-corrected chi connectivity index (χ4v) is 3.73. The molecule has 0 spiro atoms. The number of aromatic nitrogens is 1. The average Bonchev–Trinajstić information content (AvgIpc) is 2.97. The summed E-state index contributed by atoms with van der Waals surface area (Å²) in [5.74, 6) is -1.14. The molecule has 3 N–H and O–H groups in total. The van der Waals surface area contributed by atoms with Crippen molar-refractivity contribution in [2.24, 2.45) is 5.92 Å². The summed E-state index contributed by atoms with van der Waals surface area (Å²) >= 11 is 0. The highest BCUT2D eigenvalue weighted by Crippen LogP contribution is 2.23. The molecule has 1 amide bonds. The van der Waals surface area contributed by atoms with Crippen LogP contribution in [0.15, 0.2) is 30.5 Å². The van der Waals surface area contributed by atoms with Crippen LogP contribution in [-0.4, -0.2) is 28.0 Å². The molecule has 0 aliphatic heterocycles. The summed E-state index contributed by atoms with van der Waals surface area (Å²) in [4.78, 5) is 27.4. The summed E-state index contributed by atoms with van der Waals surface area (Å²) in [6.07, 6.45) is 9.54. The van der Waals surface area contributed by atoms with Crippen molar-refractivity contribution in [2.75, 3.05) is 0 Å². The Morgan fingerprint density at radius 3 is 2.52 bits per heavy atom. The van der Waals surface area contributed by atoms with Crippen LogP contribution < -0.4 is 5.32 Å². The predicted molar refractivity (Wildman–Crippen MR) is 97.4 cm³/mol. The highest BCUT2D eigenvalue weighted by atomic mass is 16.4. The van der Waals surface area contributed by atoms with Crippen LogP contribution in [0.2, 0.25) is 0 Å². The third kappa shape index (κ3) is 4.41.